The lowest BCUT2D eigenvalue weighted by molar-refractivity contribution is -0.910. The zero-order valence-corrected chi connectivity index (χ0v) is 17.1. The second-order valence-corrected chi connectivity index (χ2v) is 9.64. The van der Waals surface area contributed by atoms with Gasteiger partial charge >= 0.3 is 0 Å². The summed E-state index contributed by atoms with van der Waals surface area (Å²) >= 11 is 0. The summed E-state index contributed by atoms with van der Waals surface area (Å²) in [6, 6.07) is 9.31. The highest BCUT2D eigenvalue weighted by Gasteiger charge is 2.48. The normalized spacial score (nSPS) is 26.4. The molecule has 0 radical (unpaired) electrons. The summed E-state index contributed by atoms with van der Waals surface area (Å²) in [6.45, 7) is 2.23. The number of benzene rings is 1. The number of carbonyl (C=O) groups is 2. The number of piperazine rings is 1. The minimum absolute atomic E-state index is 0.0716. The summed E-state index contributed by atoms with van der Waals surface area (Å²) in [7, 11) is -3.49. The molecule has 2 fully saturated rings. The highest BCUT2D eigenvalue weighted by atomic mass is 32.2. The van der Waals surface area contributed by atoms with Gasteiger partial charge in [0.25, 0.3) is 0 Å². The van der Waals surface area contributed by atoms with Crippen LogP contribution in [0.3, 0.4) is 0 Å². The average Bonchev–Trinajstić information content (AvgIpc) is 2.99. The van der Waals surface area contributed by atoms with Gasteiger partial charge in [0.15, 0.2) is 6.67 Å². The van der Waals surface area contributed by atoms with Gasteiger partial charge in [-0.3, -0.25) is 9.59 Å². The molecule has 1 aromatic carbocycles. The first-order chi connectivity index (χ1) is 14.0. The van der Waals surface area contributed by atoms with Gasteiger partial charge in [0, 0.05) is 5.41 Å². The number of amides is 2. The molecular weight excluding hydrogens is 390 g/mol. The molecule has 1 N–H and O–H groups in total. The molecular formula is C21H26N3O4S+. The quantitative estimate of drug-likeness (QED) is 0.545. The van der Waals surface area contributed by atoms with Gasteiger partial charge in [0.05, 0.1) is 38.0 Å². The number of sulfonamides is 1. The molecule has 0 spiro atoms. The first-order valence-corrected chi connectivity index (χ1v) is 11.5. The van der Waals surface area contributed by atoms with E-state index in [9.17, 15) is 18.0 Å². The number of fused-ring (bicyclic) bond motifs is 1. The molecule has 2 atom stereocenters. The first kappa shape index (κ1) is 20.0. The van der Waals surface area contributed by atoms with Crippen LogP contribution in [0.15, 0.2) is 47.9 Å². The van der Waals surface area contributed by atoms with Crippen LogP contribution in [0.1, 0.15) is 18.4 Å². The molecule has 0 saturated carbocycles. The molecule has 8 heteroatoms. The molecule has 1 aromatic rings. The molecule has 2 saturated heterocycles. The Hall–Kier alpha value is -2.29. The van der Waals surface area contributed by atoms with Gasteiger partial charge < -0.3 is 4.90 Å². The Balaban J connectivity index is 1.33. The molecule has 0 aromatic heterocycles. The maximum atomic E-state index is 12.6. The van der Waals surface area contributed by atoms with Gasteiger partial charge in [0.1, 0.15) is 0 Å². The Morgan fingerprint density at radius 1 is 0.966 bits per heavy atom. The van der Waals surface area contributed by atoms with Crippen molar-refractivity contribution in [2.75, 3.05) is 32.8 Å². The van der Waals surface area contributed by atoms with Crippen LogP contribution in [0.2, 0.25) is 0 Å². The number of nitrogens with one attached hydrogen (secondary N) is 1. The fraction of sp³-hybridized carbons (Fsp3) is 0.429. The van der Waals surface area contributed by atoms with Crippen molar-refractivity contribution in [1.82, 2.24) is 9.21 Å². The first-order valence-electron chi connectivity index (χ1n) is 10.0. The monoisotopic (exact) mass is 416 g/mol. The zero-order chi connectivity index (χ0) is 20.4. The number of imide groups is 1. The van der Waals surface area contributed by atoms with Crippen LogP contribution in [0.25, 0.3) is 6.08 Å². The summed E-state index contributed by atoms with van der Waals surface area (Å²) in [5.74, 6) is -0.566. The summed E-state index contributed by atoms with van der Waals surface area (Å²) in [5.41, 5.74) is 0.836. The van der Waals surface area contributed by atoms with Gasteiger partial charge in [-0.15, -0.1) is 0 Å². The Morgan fingerprint density at radius 3 is 2.14 bits per heavy atom. The number of nitrogens with zero attached hydrogens (tertiary/aromatic N) is 2. The van der Waals surface area contributed by atoms with Gasteiger partial charge in [-0.05, 0) is 24.5 Å². The van der Waals surface area contributed by atoms with E-state index in [1.165, 1.54) is 14.6 Å². The van der Waals surface area contributed by atoms with Gasteiger partial charge in [-0.25, -0.2) is 13.3 Å². The molecule has 154 valence electrons. The maximum Gasteiger partial charge on any atom is 0.237 e. The number of quaternary nitrogens is 1. The van der Waals surface area contributed by atoms with Crippen LogP contribution in [0.5, 0.6) is 0 Å². The van der Waals surface area contributed by atoms with Crippen molar-refractivity contribution in [1.29, 1.82) is 0 Å². The predicted octanol–water partition coefficient (Wildman–Crippen LogP) is 0.0963. The molecule has 0 unspecified atom stereocenters. The van der Waals surface area contributed by atoms with Crippen LogP contribution in [-0.4, -0.2) is 62.3 Å². The minimum Gasteiger partial charge on any atom is -0.315 e. The fourth-order valence-corrected chi connectivity index (χ4v) is 5.47. The van der Waals surface area contributed by atoms with E-state index in [4.69, 9.17) is 0 Å². The van der Waals surface area contributed by atoms with Crippen molar-refractivity contribution >= 4 is 27.9 Å². The maximum absolute atomic E-state index is 12.6. The average molecular weight is 417 g/mol. The number of rotatable bonds is 5. The highest BCUT2D eigenvalue weighted by Crippen LogP contribution is 2.34. The van der Waals surface area contributed by atoms with E-state index in [0.717, 1.165) is 10.5 Å². The van der Waals surface area contributed by atoms with Crippen molar-refractivity contribution in [2.45, 2.75) is 12.8 Å². The molecule has 2 heterocycles. The van der Waals surface area contributed by atoms with E-state index in [1.807, 2.05) is 42.5 Å². The third-order valence-electron chi connectivity index (χ3n) is 6.00. The van der Waals surface area contributed by atoms with E-state index in [1.54, 1.807) is 6.08 Å². The smallest absolute Gasteiger partial charge is 0.237 e. The van der Waals surface area contributed by atoms with Crippen molar-refractivity contribution in [2.24, 2.45) is 11.8 Å². The topological polar surface area (TPSA) is 79.2 Å². The van der Waals surface area contributed by atoms with Crippen LogP contribution in [0, 0.1) is 11.8 Å². The van der Waals surface area contributed by atoms with Crippen LogP contribution < -0.4 is 4.90 Å². The number of likely N-dealkylation sites (tertiary alicyclic amines) is 1. The molecule has 0 bridgehead atoms. The van der Waals surface area contributed by atoms with Crippen molar-refractivity contribution in [3.8, 4) is 0 Å². The summed E-state index contributed by atoms with van der Waals surface area (Å²) in [4.78, 5) is 27.7. The number of hydrogen-bond donors (Lipinski definition) is 1. The van der Waals surface area contributed by atoms with Crippen LogP contribution >= 0.6 is 0 Å². The third-order valence-corrected chi connectivity index (χ3v) is 7.57. The van der Waals surface area contributed by atoms with Crippen LogP contribution in [0.4, 0.5) is 0 Å². The van der Waals surface area contributed by atoms with Gasteiger partial charge in [0.2, 0.25) is 21.8 Å². The summed E-state index contributed by atoms with van der Waals surface area (Å²) in [5, 5.41) is 1.25. The number of allylic oxidation sites excluding steroid dienone is 2. The van der Waals surface area contributed by atoms with Crippen molar-refractivity contribution in [3.05, 3.63) is 53.5 Å². The summed E-state index contributed by atoms with van der Waals surface area (Å²) < 4.78 is 26.6. The van der Waals surface area contributed by atoms with Gasteiger partial charge in [-0.2, -0.15) is 4.31 Å². The standard InChI is InChI=1S/C21H25N3O4S/c25-20-18-8-4-5-9-19(18)21(26)24(20)16-22-11-13-23(14-12-22)29(27,28)15-10-17-6-2-1-3-7-17/h1-7,10,15,18-19H,8-9,11-14,16H2/p+1/b15-10+/t18-,19-/m1/s1. The van der Waals surface area contributed by atoms with Crippen molar-refractivity contribution in [3.63, 3.8) is 0 Å². The van der Waals surface area contributed by atoms with E-state index in [-0.39, 0.29) is 23.7 Å². The molecule has 4 rings (SSSR count). The lowest BCUT2D eigenvalue weighted by Crippen LogP contribution is -3.16. The van der Waals surface area contributed by atoms with E-state index >= 15 is 0 Å². The van der Waals surface area contributed by atoms with E-state index in [0.29, 0.717) is 45.7 Å². The Kier molecular flexibility index (Phi) is 5.67. The number of carbonyl (C=O) groups excluding carboxylic acids is 2. The molecule has 2 aliphatic heterocycles. The number of hydrogen-bond acceptors (Lipinski definition) is 4. The van der Waals surface area contributed by atoms with Crippen molar-refractivity contribution < 1.29 is 22.9 Å². The van der Waals surface area contributed by atoms with E-state index in [2.05, 4.69) is 0 Å². The fourth-order valence-electron chi connectivity index (χ4n) is 4.28. The lowest BCUT2D eigenvalue weighted by Gasteiger charge is -2.32. The third kappa shape index (κ3) is 4.19. The Bertz CT molecular complexity index is 908. The highest BCUT2D eigenvalue weighted by molar-refractivity contribution is 7.92. The zero-order valence-electron chi connectivity index (χ0n) is 16.2. The summed E-state index contributed by atoms with van der Waals surface area (Å²) in [6.07, 6.45) is 6.85. The van der Waals surface area contributed by atoms with Gasteiger partial charge in [-0.1, -0.05) is 42.5 Å². The second kappa shape index (κ2) is 8.22. The Labute approximate surface area is 171 Å². The largest absolute Gasteiger partial charge is 0.315 e. The second-order valence-electron chi connectivity index (χ2n) is 7.83. The molecule has 7 nitrogen and oxygen atoms in total. The van der Waals surface area contributed by atoms with Crippen LogP contribution in [-0.2, 0) is 19.6 Å². The minimum atomic E-state index is -3.49. The predicted molar refractivity (Wildman–Crippen MR) is 109 cm³/mol. The molecule has 29 heavy (non-hydrogen) atoms. The molecule has 1 aliphatic carbocycles. The lowest BCUT2D eigenvalue weighted by atomic mass is 9.85. The molecule has 2 amide bonds. The SMILES string of the molecule is O=C1[C@@H]2CC=CC[C@H]2C(=O)N1C[NH+]1CCN(S(=O)(=O)/C=C/c2ccccc2)CC1. The molecule has 3 aliphatic rings. The Morgan fingerprint density at radius 2 is 1.55 bits per heavy atom. The van der Waals surface area contributed by atoms with E-state index < -0.39 is 10.0 Å².